The van der Waals surface area contributed by atoms with Crippen LogP contribution in [0.4, 0.5) is 27.4 Å². The predicted molar refractivity (Wildman–Crippen MR) is 164 cm³/mol. The Labute approximate surface area is 259 Å². The van der Waals surface area contributed by atoms with Gasteiger partial charge in [0, 0.05) is 56.8 Å². The number of nitrogens with zero attached hydrogens (tertiary/aromatic N) is 4. The molecule has 3 N–H and O–H groups in total. The van der Waals surface area contributed by atoms with Crippen molar-refractivity contribution in [1.29, 1.82) is 0 Å². The molecule has 3 aromatic rings. The number of amides is 2. The average molecular weight is 625 g/mol. The van der Waals surface area contributed by atoms with Gasteiger partial charge in [-0.15, -0.1) is 0 Å². The molecule has 1 unspecified atom stereocenters. The molecule has 0 radical (unpaired) electrons. The van der Waals surface area contributed by atoms with Crippen molar-refractivity contribution in [3.8, 4) is 0 Å². The van der Waals surface area contributed by atoms with Crippen LogP contribution in [0, 0.1) is 5.82 Å². The molecule has 2 amide bonds. The Morgan fingerprint density at radius 2 is 1.84 bits per heavy atom. The lowest BCUT2D eigenvalue weighted by Gasteiger charge is -2.36. The number of hydrogen-bond donors (Lipinski definition) is 3. The molecule has 0 aliphatic carbocycles. The lowest BCUT2D eigenvalue weighted by Crippen LogP contribution is -2.48. The van der Waals surface area contributed by atoms with Crippen LogP contribution in [0.25, 0.3) is 0 Å². The molecule has 0 bridgehead atoms. The normalized spacial score (nSPS) is 16.5. The van der Waals surface area contributed by atoms with E-state index in [-0.39, 0.29) is 41.1 Å². The minimum absolute atomic E-state index is 0.0133. The van der Waals surface area contributed by atoms with Gasteiger partial charge in [0.1, 0.15) is 5.82 Å². The van der Waals surface area contributed by atoms with Crippen LogP contribution < -0.4 is 15.5 Å². The predicted octanol–water partition coefficient (Wildman–Crippen LogP) is 4.89. The highest BCUT2D eigenvalue weighted by atomic mass is 35.5. The van der Waals surface area contributed by atoms with Gasteiger partial charge in [-0.3, -0.25) is 14.4 Å². The Bertz CT molecular complexity index is 1470. The number of piperazine rings is 1. The fourth-order valence-corrected chi connectivity index (χ4v) is 5.51. The first-order valence-corrected chi connectivity index (χ1v) is 15.0. The zero-order valence-corrected chi connectivity index (χ0v) is 24.9. The van der Waals surface area contributed by atoms with E-state index in [0.717, 1.165) is 30.8 Å². The van der Waals surface area contributed by atoms with Crippen LogP contribution in [-0.4, -0.2) is 76.6 Å². The summed E-state index contributed by atoms with van der Waals surface area (Å²) in [6.45, 7) is 3.07. The minimum atomic E-state index is -0.975. The molecule has 11 nitrogen and oxygen atoms in total. The second kappa shape index (κ2) is 14.5. The molecular weight excluding hydrogens is 591 g/mol. The van der Waals surface area contributed by atoms with Gasteiger partial charge in [0.25, 0.3) is 5.91 Å². The third-order valence-electron chi connectivity index (χ3n) is 7.71. The lowest BCUT2D eigenvalue weighted by atomic mass is 10.1. The van der Waals surface area contributed by atoms with E-state index < -0.39 is 17.7 Å². The summed E-state index contributed by atoms with van der Waals surface area (Å²) in [4.78, 5) is 49.1. The highest BCUT2D eigenvalue weighted by Gasteiger charge is 2.23. The van der Waals surface area contributed by atoms with E-state index in [4.69, 9.17) is 21.4 Å². The quantitative estimate of drug-likeness (QED) is 0.272. The van der Waals surface area contributed by atoms with Gasteiger partial charge in [-0.2, -0.15) is 0 Å². The molecule has 1 aromatic heterocycles. The number of hydrogen-bond acceptors (Lipinski definition) is 8. The van der Waals surface area contributed by atoms with Crippen LogP contribution in [0.1, 0.15) is 48.2 Å². The average Bonchev–Trinajstić information content (AvgIpc) is 3.55. The third-order valence-corrected chi connectivity index (χ3v) is 8.03. The first kappa shape index (κ1) is 31.1. The second-order valence-corrected chi connectivity index (χ2v) is 11.1. The van der Waals surface area contributed by atoms with Crippen LogP contribution in [0.15, 0.2) is 48.7 Å². The number of halogens is 2. The number of aliphatic carboxylic acids is 1. The number of anilines is 4. The van der Waals surface area contributed by atoms with Gasteiger partial charge in [-0.25, -0.2) is 14.4 Å². The number of carboxylic acids is 1. The molecule has 2 aromatic carbocycles. The maximum atomic E-state index is 14.3. The number of ether oxygens (including phenoxy) is 1. The first-order valence-electron chi connectivity index (χ1n) is 14.6. The molecule has 0 spiro atoms. The molecule has 3 heterocycles. The number of aromatic nitrogens is 2. The van der Waals surface area contributed by atoms with E-state index in [2.05, 4.69) is 25.5 Å². The largest absolute Gasteiger partial charge is 0.481 e. The van der Waals surface area contributed by atoms with Crippen LogP contribution >= 0.6 is 11.6 Å². The Hall–Kier alpha value is -4.29. The van der Waals surface area contributed by atoms with Crippen molar-refractivity contribution < 1.29 is 28.6 Å². The fourth-order valence-electron chi connectivity index (χ4n) is 5.30. The van der Waals surface area contributed by atoms with Gasteiger partial charge in [0.05, 0.1) is 34.5 Å². The van der Waals surface area contributed by atoms with E-state index >= 15 is 0 Å². The number of benzene rings is 2. The van der Waals surface area contributed by atoms with Crippen LogP contribution in [0.5, 0.6) is 0 Å². The molecule has 44 heavy (non-hydrogen) atoms. The summed E-state index contributed by atoms with van der Waals surface area (Å²) >= 11 is 6.12. The van der Waals surface area contributed by atoms with E-state index in [1.165, 1.54) is 24.4 Å². The van der Waals surface area contributed by atoms with Gasteiger partial charge < -0.3 is 30.3 Å². The van der Waals surface area contributed by atoms with Crippen molar-refractivity contribution in [1.82, 2.24) is 14.9 Å². The lowest BCUT2D eigenvalue weighted by molar-refractivity contribution is -0.141. The summed E-state index contributed by atoms with van der Waals surface area (Å²) in [5.74, 6) is -1.99. The van der Waals surface area contributed by atoms with Crippen molar-refractivity contribution in [2.24, 2.45) is 0 Å². The molecule has 232 valence electrons. The van der Waals surface area contributed by atoms with Crippen molar-refractivity contribution in [3.05, 3.63) is 70.8 Å². The van der Waals surface area contributed by atoms with Crippen molar-refractivity contribution in [2.75, 3.05) is 48.3 Å². The molecular formula is C31H34ClFN6O5. The standard InChI is InChI=1S/C31H34ClFN6O5/c32-24-4-1-5-25(33)29(24)37-30(43)23-19-34-31(36-26(23)11-10-22-3-2-18-44-22)35-20-6-8-21(9-7-20)38-14-16-39(17-15-38)27(40)12-13-28(41)42/h1,4-9,19,22H,2-3,10-18H2,(H,37,43)(H,41,42)(H,34,35,36). The minimum Gasteiger partial charge on any atom is -0.481 e. The summed E-state index contributed by atoms with van der Waals surface area (Å²) in [7, 11) is 0. The monoisotopic (exact) mass is 624 g/mol. The smallest absolute Gasteiger partial charge is 0.303 e. The number of nitrogens with one attached hydrogen (secondary N) is 2. The molecule has 2 fully saturated rings. The number of rotatable bonds is 11. The van der Waals surface area contributed by atoms with Crippen LogP contribution in [0.3, 0.4) is 0 Å². The van der Waals surface area contributed by atoms with Gasteiger partial charge in [0.2, 0.25) is 11.9 Å². The van der Waals surface area contributed by atoms with Crippen LogP contribution in [0.2, 0.25) is 5.02 Å². The Morgan fingerprint density at radius 1 is 1.07 bits per heavy atom. The van der Waals surface area contributed by atoms with E-state index in [9.17, 15) is 18.8 Å². The molecule has 2 aliphatic heterocycles. The maximum Gasteiger partial charge on any atom is 0.303 e. The Balaban J connectivity index is 1.24. The van der Waals surface area contributed by atoms with E-state index in [1.807, 2.05) is 24.3 Å². The second-order valence-electron chi connectivity index (χ2n) is 10.7. The zero-order valence-electron chi connectivity index (χ0n) is 24.1. The summed E-state index contributed by atoms with van der Waals surface area (Å²) in [6.07, 6.45) is 4.48. The van der Waals surface area contributed by atoms with Crippen molar-refractivity contribution in [2.45, 2.75) is 44.6 Å². The zero-order chi connectivity index (χ0) is 31.1. The van der Waals surface area contributed by atoms with Gasteiger partial charge in [-0.05, 0) is 62.1 Å². The van der Waals surface area contributed by atoms with Gasteiger partial charge in [-0.1, -0.05) is 17.7 Å². The maximum absolute atomic E-state index is 14.3. The highest BCUT2D eigenvalue weighted by Crippen LogP contribution is 2.27. The third kappa shape index (κ3) is 8.00. The Kier molecular flexibility index (Phi) is 10.2. The van der Waals surface area contributed by atoms with Crippen molar-refractivity contribution >= 4 is 52.4 Å². The Morgan fingerprint density at radius 3 is 2.52 bits per heavy atom. The van der Waals surface area contributed by atoms with Gasteiger partial charge in [0.15, 0.2) is 0 Å². The summed E-state index contributed by atoms with van der Waals surface area (Å²) < 4.78 is 20.1. The topological polar surface area (TPSA) is 137 Å². The molecule has 0 saturated carbocycles. The fraction of sp³-hybridized carbons (Fsp3) is 0.387. The summed E-state index contributed by atoms with van der Waals surface area (Å²) in [5.41, 5.74) is 2.37. The van der Waals surface area contributed by atoms with E-state index in [1.54, 1.807) is 4.90 Å². The number of aryl methyl sites for hydroxylation is 1. The van der Waals surface area contributed by atoms with E-state index in [0.29, 0.717) is 50.7 Å². The first-order chi connectivity index (χ1) is 21.3. The number of para-hydroxylation sites is 1. The molecule has 13 heteroatoms. The summed E-state index contributed by atoms with van der Waals surface area (Å²) in [5, 5.41) is 14.7. The summed E-state index contributed by atoms with van der Waals surface area (Å²) in [6, 6.07) is 11.9. The van der Waals surface area contributed by atoms with Crippen LogP contribution in [-0.2, 0) is 20.7 Å². The molecule has 2 saturated heterocycles. The van der Waals surface area contributed by atoms with Gasteiger partial charge >= 0.3 is 5.97 Å². The number of carbonyl (C=O) groups excluding carboxylic acids is 2. The highest BCUT2D eigenvalue weighted by molar-refractivity contribution is 6.34. The SMILES string of the molecule is O=C(O)CCC(=O)N1CCN(c2ccc(Nc3ncc(C(=O)Nc4c(F)cccc4Cl)c(CCC4CCCO4)n3)cc2)CC1. The molecule has 2 aliphatic rings. The number of carbonyl (C=O) groups is 3. The molecule has 1 atom stereocenters. The molecule has 5 rings (SSSR count). The number of carboxylic acid groups (broad SMARTS) is 1. The van der Waals surface area contributed by atoms with Crippen molar-refractivity contribution in [3.63, 3.8) is 0 Å².